The Balaban J connectivity index is 2.53. The van der Waals surface area contributed by atoms with Crippen molar-refractivity contribution in [2.24, 2.45) is 0 Å². The quantitative estimate of drug-likeness (QED) is 0.111. The van der Waals surface area contributed by atoms with Gasteiger partial charge < -0.3 is 13.6 Å². The van der Waals surface area contributed by atoms with Crippen molar-refractivity contribution in [1.29, 1.82) is 0 Å². The van der Waals surface area contributed by atoms with E-state index in [1.807, 2.05) is 0 Å². The van der Waals surface area contributed by atoms with Crippen LogP contribution in [0.15, 0.2) is 24.3 Å². The maximum Gasteiger partial charge on any atom is 0.192 e. The van der Waals surface area contributed by atoms with Gasteiger partial charge in [-0.25, -0.2) is 0 Å². The molecule has 0 aromatic heterocycles. The molecule has 1 heterocycles. The molecule has 0 saturated carbocycles. The Morgan fingerprint density at radius 2 is 1.53 bits per heavy atom. The van der Waals surface area contributed by atoms with Crippen LogP contribution in [0.2, 0.25) is 36.3 Å². The molecule has 0 radical (unpaired) electrons. The fourth-order valence-electron chi connectivity index (χ4n) is 5.18. The molecule has 0 aliphatic carbocycles. The van der Waals surface area contributed by atoms with E-state index in [1.165, 1.54) is 47.4 Å². The van der Waals surface area contributed by atoms with E-state index in [4.69, 9.17) is 13.6 Å². The predicted molar refractivity (Wildman–Crippen MR) is 146 cm³/mol. The molecular weight excluding hydrogens is 428 g/mol. The highest BCUT2D eigenvalue weighted by Gasteiger charge is 2.34. The van der Waals surface area contributed by atoms with Gasteiger partial charge in [0.15, 0.2) is 16.6 Å². The van der Waals surface area contributed by atoms with Crippen molar-refractivity contribution < 1.29 is 13.6 Å². The van der Waals surface area contributed by atoms with E-state index in [1.54, 1.807) is 0 Å². The molecule has 1 rings (SSSR count). The summed E-state index contributed by atoms with van der Waals surface area (Å²) in [5.74, 6) is 0. The third-order valence-corrected chi connectivity index (χ3v) is 17.4. The van der Waals surface area contributed by atoms with Crippen LogP contribution in [0.3, 0.4) is 0 Å². The number of hydrogen-bond donors (Lipinski definition) is 0. The molecule has 0 N–H and O–H groups in total. The van der Waals surface area contributed by atoms with Gasteiger partial charge in [-0.3, -0.25) is 0 Å². The fraction of sp³-hybridized carbons (Fsp3) is 0.852. The Kier molecular flexibility index (Phi) is 13.9. The van der Waals surface area contributed by atoms with Crippen molar-refractivity contribution in [1.82, 2.24) is 0 Å². The zero-order valence-electron chi connectivity index (χ0n) is 22.6. The van der Waals surface area contributed by atoms with Crippen molar-refractivity contribution >= 4 is 16.6 Å². The zero-order chi connectivity index (χ0) is 24.2. The molecule has 5 heteroatoms. The van der Waals surface area contributed by atoms with E-state index in [0.29, 0.717) is 6.10 Å². The van der Waals surface area contributed by atoms with Gasteiger partial charge in [-0.2, -0.15) is 0 Å². The summed E-state index contributed by atoms with van der Waals surface area (Å²) in [6, 6.07) is 7.27. The van der Waals surface area contributed by atoms with Crippen molar-refractivity contribution in [3.63, 3.8) is 0 Å². The molecule has 32 heavy (non-hydrogen) atoms. The van der Waals surface area contributed by atoms with E-state index in [2.05, 4.69) is 61.6 Å². The summed E-state index contributed by atoms with van der Waals surface area (Å²) < 4.78 is 19.7. The first kappa shape index (κ1) is 29.8. The Morgan fingerprint density at radius 3 is 2.03 bits per heavy atom. The lowest BCUT2D eigenvalue weighted by Gasteiger charge is -2.34. The molecule has 0 aromatic carbocycles. The second-order valence-corrected chi connectivity index (χ2v) is 19.6. The van der Waals surface area contributed by atoms with Gasteiger partial charge in [-0.1, -0.05) is 53.7 Å². The highest BCUT2D eigenvalue weighted by molar-refractivity contribution is 6.74. The van der Waals surface area contributed by atoms with Gasteiger partial charge in [-0.15, -0.1) is 6.58 Å². The van der Waals surface area contributed by atoms with Crippen LogP contribution in [0.5, 0.6) is 0 Å². The van der Waals surface area contributed by atoms with E-state index in [0.717, 1.165) is 45.1 Å². The standard InChI is InChI=1S/C27H54O3Si2/c1-10-31(11-2,12-3)28-20-16-17-25-22-24(9)27(29-25)19-18-26(21-23(7)8)30-32(13-4,14-5)15-6/h25-27H,7,9-22H2,1-6,8H3. The van der Waals surface area contributed by atoms with Crippen molar-refractivity contribution in [3.05, 3.63) is 24.3 Å². The van der Waals surface area contributed by atoms with Gasteiger partial charge >= 0.3 is 0 Å². The van der Waals surface area contributed by atoms with Gasteiger partial charge in [0.1, 0.15) is 0 Å². The van der Waals surface area contributed by atoms with Crippen molar-refractivity contribution in [2.45, 2.75) is 142 Å². The van der Waals surface area contributed by atoms with Crippen molar-refractivity contribution in [2.75, 3.05) is 6.61 Å². The minimum absolute atomic E-state index is 0.188. The topological polar surface area (TPSA) is 27.7 Å². The van der Waals surface area contributed by atoms with Crippen LogP contribution in [0.1, 0.15) is 87.0 Å². The predicted octanol–water partition coefficient (Wildman–Crippen LogP) is 8.64. The Hall–Kier alpha value is -0.206. The zero-order valence-corrected chi connectivity index (χ0v) is 24.6. The maximum absolute atomic E-state index is 6.84. The number of rotatable bonds is 18. The van der Waals surface area contributed by atoms with Crippen LogP contribution in [-0.2, 0) is 13.6 Å². The van der Waals surface area contributed by atoms with Crippen LogP contribution >= 0.6 is 0 Å². The van der Waals surface area contributed by atoms with E-state index in [9.17, 15) is 0 Å². The van der Waals surface area contributed by atoms with Crippen LogP contribution < -0.4 is 0 Å². The minimum Gasteiger partial charge on any atom is -0.417 e. The van der Waals surface area contributed by atoms with Crippen LogP contribution in [0.25, 0.3) is 0 Å². The average molecular weight is 483 g/mol. The third kappa shape index (κ3) is 9.21. The van der Waals surface area contributed by atoms with Crippen LogP contribution in [0, 0.1) is 0 Å². The molecule has 3 nitrogen and oxygen atoms in total. The summed E-state index contributed by atoms with van der Waals surface area (Å²) >= 11 is 0. The van der Waals surface area contributed by atoms with Gasteiger partial charge in [0.2, 0.25) is 0 Å². The maximum atomic E-state index is 6.84. The van der Waals surface area contributed by atoms with Gasteiger partial charge in [-0.05, 0) is 87.3 Å². The molecule has 1 fully saturated rings. The summed E-state index contributed by atoms with van der Waals surface area (Å²) in [4.78, 5) is 0. The van der Waals surface area contributed by atoms with Gasteiger partial charge in [0.05, 0.1) is 12.2 Å². The molecule has 3 unspecified atom stereocenters. The first-order chi connectivity index (χ1) is 15.2. The average Bonchev–Trinajstić information content (AvgIpc) is 3.15. The molecular formula is C27H54O3Si2. The minimum atomic E-state index is -1.62. The van der Waals surface area contributed by atoms with Crippen LogP contribution in [-0.4, -0.2) is 41.6 Å². The Bertz CT molecular complexity index is 539. The largest absolute Gasteiger partial charge is 0.417 e. The summed E-state index contributed by atoms with van der Waals surface area (Å²) in [5, 5.41) is 0. The smallest absolute Gasteiger partial charge is 0.192 e. The first-order valence-corrected chi connectivity index (χ1v) is 18.6. The van der Waals surface area contributed by atoms with Crippen molar-refractivity contribution in [3.8, 4) is 0 Å². The Labute approximate surface area is 202 Å². The van der Waals surface area contributed by atoms with Gasteiger partial charge in [0.25, 0.3) is 0 Å². The SMILES string of the molecule is C=C(C)CC(CCC1OC(CCCO[Si](CC)(CC)CC)CC1=C)O[Si](CC)(CC)CC. The Morgan fingerprint density at radius 1 is 0.969 bits per heavy atom. The lowest BCUT2D eigenvalue weighted by molar-refractivity contribution is 0.0320. The summed E-state index contributed by atoms with van der Waals surface area (Å²) in [6.45, 7) is 25.4. The molecule has 0 spiro atoms. The lowest BCUT2D eigenvalue weighted by atomic mass is 10.00. The monoisotopic (exact) mass is 482 g/mol. The molecule has 3 atom stereocenters. The lowest BCUT2D eigenvalue weighted by Crippen LogP contribution is -2.40. The number of hydrogen-bond acceptors (Lipinski definition) is 3. The molecule has 188 valence electrons. The molecule has 1 aliphatic rings. The molecule has 1 aliphatic heterocycles. The van der Waals surface area contributed by atoms with E-state index >= 15 is 0 Å². The second kappa shape index (κ2) is 14.9. The molecule has 0 bridgehead atoms. The van der Waals surface area contributed by atoms with Gasteiger partial charge in [0, 0.05) is 12.7 Å². The van der Waals surface area contributed by atoms with E-state index in [-0.39, 0.29) is 12.2 Å². The fourth-order valence-corrected chi connectivity index (χ4v) is 10.8. The first-order valence-electron chi connectivity index (χ1n) is 13.5. The number of ether oxygens (including phenoxy) is 1. The molecule has 1 saturated heterocycles. The summed E-state index contributed by atoms with van der Waals surface area (Å²) in [7, 11) is -3.08. The van der Waals surface area contributed by atoms with Crippen LogP contribution in [0.4, 0.5) is 0 Å². The highest BCUT2D eigenvalue weighted by atomic mass is 28.4. The third-order valence-electron chi connectivity index (χ3n) is 7.99. The summed E-state index contributed by atoms with van der Waals surface area (Å²) in [5.41, 5.74) is 2.49. The highest BCUT2D eigenvalue weighted by Crippen LogP contribution is 2.33. The van der Waals surface area contributed by atoms with E-state index < -0.39 is 16.6 Å². The summed E-state index contributed by atoms with van der Waals surface area (Å²) in [6.07, 6.45) is 6.98. The second-order valence-electron chi connectivity index (χ2n) is 10.1. The normalized spacial score (nSPS) is 20.7. The molecule has 0 amide bonds. The molecule has 0 aromatic rings.